The van der Waals surface area contributed by atoms with E-state index in [4.69, 9.17) is 4.74 Å². The topological polar surface area (TPSA) is 140 Å². The number of methoxy groups -OCH3 is 1. The number of esters is 1. The summed E-state index contributed by atoms with van der Waals surface area (Å²) in [5, 5.41) is 7.28. The van der Waals surface area contributed by atoms with E-state index in [-0.39, 0.29) is 25.4 Å². The van der Waals surface area contributed by atoms with E-state index in [0.717, 1.165) is 5.56 Å². The Morgan fingerprint density at radius 2 is 1.59 bits per heavy atom. The zero-order chi connectivity index (χ0) is 25.7. The molecule has 0 spiro atoms. The van der Waals surface area contributed by atoms with Gasteiger partial charge in [0.05, 0.1) is 13.2 Å². The molecular formula is C23H32FN3O7. The highest BCUT2D eigenvalue weighted by Gasteiger charge is 2.29. The van der Waals surface area contributed by atoms with Crippen molar-refractivity contribution in [3.63, 3.8) is 0 Å². The van der Waals surface area contributed by atoms with Gasteiger partial charge >= 0.3 is 12.1 Å². The van der Waals surface area contributed by atoms with Gasteiger partial charge in [0, 0.05) is 6.42 Å². The normalized spacial score (nSPS) is 13.2. The Hall–Kier alpha value is -3.50. The first-order valence-corrected chi connectivity index (χ1v) is 10.8. The number of ether oxygens (including phenoxy) is 2. The van der Waals surface area contributed by atoms with E-state index in [0.29, 0.717) is 0 Å². The molecule has 11 heteroatoms. The van der Waals surface area contributed by atoms with Crippen LogP contribution in [0.25, 0.3) is 0 Å². The van der Waals surface area contributed by atoms with Crippen molar-refractivity contribution in [3.8, 4) is 0 Å². The van der Waals surface area contributed by atoms with Gasteiger partial charge in [0.25, 0.3) is 0 Å². The average molecular weight is 482 g/mol. The third-order valence-electron chi connectivity index (χ3n) is 4.89. The number of ketones is 1. The first-order chi connectivity index (χ1) is 16.1. The predicted molar refractivity (Wildman–Crippen MR) is 120 cm³/mol. The summed E-state index contributed by atoms with van der Waals surface area (Å²) in [5.74, 6) is -3.24. The van der Waals surface area contributed by atoms with Crippen LogP contribution in [0.15, 0.2) is 30.3 Å². The summed E-state index contributed by atoms with van der Waals surface area (Å²) in [6.07, 6.45) is -1.14. The maximum absolute atomic E-state index is 12.9. The Morgan fingerprint density at radius 3 is 2.15 bits per heavy atom. The SMILES string of the molecule is COC(=O)CC[C@H](NC(=O)[C@H](C)NC(=O)C(NC(=O)OCc1ccccc1)C(C)C)C(=O)CF. The fraction of sp³-hybridized carbons (Fsp3) is 0.522. The second kappa shape index (κ2) is 14.6. The fourth-order valence-corrected chi connectivity index (χ4v) is 2.86. The highest BCUT2D eigenvalue weighted by Crippen LogP contribution is 2.06. The van der Waals surface area contributed by atoms with Gasteiger partial charge in [0.2, 0.25) is 11.8 Å². The summed E-state index contributed by atoms with van der Waals surface area (Å²) in [6, 6.07) is 5.64. The minimum absolute atomic E-state index is 0.0213. The molecular weight excluding hydrogens is 449 g/mol. The van der Waals surface area contributed by atoms with Gasteiger partial charge in [-0.25, -0.2) is 9.18 Å². The Morgan fingerprint density at radius 1 is 0.941 bits per heavy atom. The van der Waals surface area contributed by atoms with Gasteiger partial charge in [0.15, 0.2) is 5.78 Å². The third kappa shape index (κ3) is 9.97. The summed E-state index contributed by atoms with van der Waals surface area (Å²) in [4.78, 5) is 60.4. The van der Waals surface area contributed by atoms with Crippen LogP contribution in [0.2, 0.25) is 0 Å². The summed E-state index contributed by atoms with van der Waals surface area (Å²) in [7, 11) is 1.17. The molecule has 1 aromatic carbocycles. The molecule has 3 amide bonds. The Labute approximate surface area is 197 Å². The molecule has 34 heavy (non-hydrogen) atoms. The maximum atomic E-state index is 12.9. The highest BCUT2D eigenvalue weighted by atomic mass is 19.1. The first-order valence-electron chi connectivity index (χ1n) is 10.8. The Bertz CT molecular complexity index is 848. The predicted octanol–water partition coefficient (Wildman–Crippen LogP) is 1.42. The average Bonchev–Trinajstić information content (AvgIpc) is 2.82. The highest BCUT2D eigenvalue weighted by molar-refractivity contribution is 5.94. The van der Waals surface area contributed by atoms with Crippen molar-refractivity contribution in [2.45, 2.75) is 58.3 Å². The molecule has 0 aliphatic heterocycles. The van der Waals surface area contributed by atoms with Crippen LogP contribution in [-0.4, -0.2) is 61.6 Å². The molecule has 10 nitrogen and oxygen atoms in total. The Kier molecular flexibility index (Phi) is 12.3. The number of hydrogen-bond donors (Lipinski definition) is 3. The minimum Gasteiger partial charge on any atom is -0.469 e. The van der Waals surface area contributed by atoms with Gasteiger partial charge in [0.1, 0.15) is 25.4 Å². The number of carbonyl (C=O) groups excluding carboxylic acids is 5. The van der Waals surface area contributed by atoms with Crippen molar-refractivity contribution in [2.75, 3.05) is 13.8 Å². The lowest BCUT2D eigenvalue weighted by molar-refractivity contribution is -0.141. The van der Waals surface area contributed by atoms with Crippen LogP contribution in [-0.2, 0) is 35.3 Å². The number of rotatable bonds is 13. The molecule has 1 aromatic rings. The molecule has 3 atom stereocenters. The molecule has 0 aliphatic carbocycles. The van der Waals surface area contributed by atoms with E-state index >= 15 is 0 Å². The molecule has 0 bridgehead atoms. The van der Waals surface area contributed by atoms with Crippen molar-refractivity contribution in [2.24, 2.45) is 5.92 Å². The molecule has 1 unspecified atom stereocenters. The van der Waals surface area contributed by atoms with Crippen LogP contribution in [0.3, 0.4) is 0 Å². The molecule has 1 rings (SSSR count). The van der Waals surface area contributed by atoms with Crippen molar-refractivity contribution >= 4 is 29.7 Å². The molecule has 0 radical (unpaired) electrons. The molecule has 0 aromatic heterocycles. The van der Waals surface area contributed by atoms with E-state index in [1.54, 1.807) is 38.1 Å². The number of alkyl halides is 1. The first kappa shape index (κ1) is 28.5. The van der Waals surface area contributed by atoms with Gasteiger partial charge in [-0.3, -0.25) is 19.2 Å². The lowest BCUT2D eigenvalue weighted by Crippen LogP contribution is -2.56. The number of carbonyl (C=O) groups is 5. The van der Waals surface area contributed by atoms with Crippen LogP contribution in [0, 0.1) is 5.92 Å². The lowest BCUT2D eigenvalue weighted by atomic mass is 10.0. The Balaban J connectivity index is 2.67. The fourth-order valence-electron chi connectivity index (χ4n) is 2.86. The molecule has 188 valence electrons. The molecule has 0 fully saturated rings. The van der Waals surface area contributed by atoms with Crippen LogP contribution >= 0.6 is 0 Å². The molecule has 0 saturated heterocycles. The molecule has 0 saturated carbocycles. The standard InChI is InChI=1S/C23H32FN3O7/c1-14(2)20(27-23(32)34-13-16-8-6-5-7-9-16)22(31)25-15(3)21(30)26-17(18(28)12-24)10-11-19(29)33-4/h5-9,14-15,17,20H,10-13H2,1-4H3,(H,25,31)(H,26,30)(H,27,32)/t15-,17-,20?/m0/s1. The zero-order valence-electron chi connectivity index (χ0n) is 19.8. The second-order valence-corrected chi connectivity index (χ2v) is 7.93. The molecule has 0 aliphatic rings. The third-order valence-corrected chi connectivity index (χ3v) is 4.89. The quantitative estimate of drug-likeness (QED) is 0.362. The van der Waals surface area contributed by atoms with Gasteiger partial charge in [-0.1, -0.05) is 44.2 Å². The van der Waals surface area contributed by atoms with Gasteiger partial charge in [-0.05, 0) is 24.8 Å². The van der Waals surface area contributed by atoms with Crippen LogP contribution < -0.4 is 16.0 Å². The number of benzene rings is 1. The van der Waals surface area contributed by atoms with Crippen molar-refractivity contribution in [1.82, 2.24) is 16.0 Å². The van der Waals surface area contributed by atoms with E-state index in [1.807, 2.05) is 6.07 Å². The number of Topliss-reactive ketones (excluding diaryl/α,β-unsaturated/α-hetero) is 1. The number of hydrogen-bond acceptors (Lipinski definition) is 7. The van der Waals surface area contributed by atoms with Crippen LogP contribution in [0.4, 0.5) is 9.18 Å². The summed E-state index contributed by atoms with van der Waals surface area (Å²) in [5.41, 5.74) is 0.776. The summed E-state index contributed by atoms with van der Waals surface area (Å²) < 4.78 is 22.5. The van der Waals surface area contributed by atoms with E-state index in [9.17, 15) is 28.4 Å². The van der Waals surface area contributed by atoms with Crippen LogP contribution in [0.1, 0.15) is 39.2 Å². The lowest BCUT2D eigenvalue weighted by Gasteiger charge is -2.24. The van der Waals surface area contributed by atoms with E-state index < -0.39 is 54.5 Å². The van der Waals surface area contributed by atoms with Gasteiger partial charge < -0.3 is 25.4 Å². The second-order valence-electron chi connectivity index (χ2n) is 7.93. The number of nitrogens with one attached hydrogen (secondary N) is 3. The number of halogens is 1. The summed E-state index contributed by atoms with van der Waals surface area (Å²) in [6.45, 7) is 3.48. The molecule has 0 heterocycles. The largest absolute Gasteiger partial charge is 0.469 e. The van der Waals surface area contributed by atoms with E-state index in [1.165, 1.54) is 14.0 Å². The van der Waals surface area contributed by atoms with Gasteiger partial charge in [-0.15, -0.1) is 0 Å². The van der Waals surface area contributed by atoms with Gasteiger partial charge in [-0.2, -0.15) is 0 Å². The van der Waals surface area contributed by atoms with Crippen molar-refractivity contribution in [1.29, 1.82) is 0 Å². The minimum atomic E-state index is -1.32. The van der Waals surface area contributed by atoms with E-state index in [2.05, 4.69) is 20.7 Å². The van der Waals surface area contributed by atoms with Crippen molar-refractivity contribution in [3.05, 3.63) is 35.9 Å². The molecule has 3 N–H and O–H groups in total. The number of alkyl carbamates (subject to hydrolysis) is 1. The monoisotopic (exact) mass is 481 g/mol. The zero-order valence-corrected chi connectivity index (χ0v) is 19.8. The summed E-state index contributed by atoms with van der Waals surface area (Å²) >= 11 is 0. The van der Waals surface area contributed by atoms with Crippen molar-refractivity contribution < 1.29 is 37.8 Å². The number of amides is 3. The smallest absolute Gasteiger partial charge is 0.408 e. The maximum Gasteiger partial charge on any atom is 0.408 e. The van der Waals surface area contributed by atoms with Crippen LogP contribution in [0.5, 0.6) is 0 Å².